The van der Waals surface area contributed by atoms with E-state index in [9.17, 15) is 0 Å². The van der Waals surface area contributed by atoms with Gasteiger partial charge < -0.3 is 0 Å². The average molecular weight is 567 g/mol. The molecule has 6 heteroatoms. The zero-order valence-electron chi connectivity index (χ0n) is 24.2. The van der Waals surface area contributed by atoms with E-state index in [4.69, 9.17) is 15.0 Å². The highest BCUT2D eigenvalue weighted by Gasteiger charge is 2.40. The molecule has 4 heterocycles. The summed E-state index contributed by atoms with van der Waals surface area (Å²) in [6.07, 6.45) is 7.70. The second-order valence-corrected chi connectivity index (χ2v) is 11.8. The highest BCUT2D eigenvalue weighted by molar-refractivity contribution is 6.26. The second-order valence-electron chi connectivity index (χ2n) is 11.8. The van der Waals surface area contributed by atoms with E-state index in [0.29, 0.717) is 17.6 Å². The van der Waals surface area contributed by atoms with Crippen molar-refractivity contribution < 1.29 is 0 Å². The van der Waals surface area contributed by atoms with Gasteiger partial charge in [-0.25, -0.2) is 4.98 Å². The molecule has 208 valence electrons. The van der Waals surface area contributed by atoms with Crippen LogP contribution in [0.3, 0.4) is 0 Å². The Morgan fingerprint density at radius 3 is 1.91 bits per heavy atom. The summed E-state index contributed by atoms with van der Waals surface area (Å²) >= 11 is 0. The van der Waals surface area contributed by atoms with Crippen LogP contribution in [0.2, 0.25) is 0 Å². The van der Waals surface area contributed by atoms with Crippen molar-refractivity contribution in [1.29, 1.82) is 0 Å². The number of fused-ring (bicyclic) bond motifs is 10. The Hall–Kier alpha value is -5.75. The molecule has 4 aromatic heterocycles. The summed E-state index contributed by atoms with van der Waals surface area (Å²) in [6, 6.07) is 33.2. The van der Waals surface area contributed by atoms with Gasteiger partial charge in [0.15, 0.2) is 11.6 Å². The lowest BCUT2D eigenvalue weighted by Crippen LogP contribution is -2.17. The van der Waals surface area contributed by atoms with Crippen LogP contribution in [-0.2, 0) is 5.41 Å². The van der Waals surface area contributed by atoms with E-state index in [1.165, 1.54) is 22.3 Å². The summed E-state index contributed by atoms with van der Waals surface area (Å²) in [5.41, 5.74) is 8.68. The van der Waals surface area contributed by atoms with Crippen LogP contribution in [0.25, 0.3) is 72.4 Å². The van der Waals surface area contributed by atoms with Gasteiger partial charge in [-0.3, -0.25) is 14.5 Å². The number of aromatic nitrogens is 6. The molecule has 1 aliphatic carbocycles. The Morgan fingerprint density at radius 1 is 0.591 bits per heavy atom. The smallest absolute Gasteiger partial charge is 0.238 e. The predicted molar refractivity (Wildman–Crippen MR) is 176 cm³/mol. The van der Waals surface area contributed by atoms with Crippen molar-refractivity contribution in [3.05, 3.63) is 133 Å². The zero-order valence-corrected chi connectivity index (χ0v) is 24.2. The number of rotatable bonds is 3. The van der Waals surface area contributed by atoms with E-state index in [1.54, 1.807) is 0 Å². The molecule has 0 radical (unpaired) electrons. The van der Waals surface area contributed by atoms with Crippen molar-refractivity contribution in [3.8, 4) is 39.9 Å². The highest BCUT2D eigenvalue weighted by Crippen LogP contribution is 2.55. The SMILES string of the molecule is CC1(C)c2ccccc2-c2c1c1c(c3ccncc23)c2cnccc2n1-c1nc(-c2ccccc2)nc(-c2ccccc2)n1. The predicted octanol–water partition coefficient (Wildman–Crippen LogP) is 8.55. The van der Waals surface area contributed by atoms with E-state index in [0.717, 1.165) is 43.7 Å². The summed E-state index contributed by atoms with van der Waals surface area (Å²) in [7, 11) is 0. The van der Waals surface area contributed by atoms with Crippen molar-refractivity contribution in [2.75, 3.05) is 0 Å². The van der Waals surface area contributed by atoms with E-state index in [1.807, 2.05) is 85.5 Å². The number of pyridine rings is 2. The van der Waals surface area contributed by atoms with Gasteiger partial charge in [0, 0.05) is 57.5 Å². The molecule has 0 N–H and O–H groups in total. The Morgan fingerprint density at radius 2 is 1.20 bits per heavy atom. The van der Waals surface area contributed by atoms with Crippen molar-refractivity contribution in [3.63, 3.8) is 0 Å². The summed E-state index contributed by atoms with van der Waals surface area (Å²) in [4.78, 5) is 24.5. The van der Waals surface area contributed by atoms with Crippen molar-refractivity contribution in [2.24, 2.45) is 0 Å². The number of nitrogens with zero attached hydrogens (tertiary/aromatic N) is 6. The molecule has 44 heavy (non-hydrogen) atoms. The lowest BCUT2D eigenvalue weighted by atomic mass is 9.81. The maximum absolute atomic E-state index is 5.18. The van der Waals surface area contributed by atoms with Crippen molar-refractivity contribution in [1.82, 2.24) is 29.5 Å². The minimum Gasteiger partial charge on any atom is -0.277 e. The van der Waals surface area contributed by atoms with Gasteiger partial charge in [0.25, 0.3) is 0 Å². The van der Waals surface area contributed by atoms with Crippen LogP contribution in [0.1, 0.15) is 25.0 Å². The van der Waals surface area contributed by atoms with Crippen molar-refractivity contribution in [2.45, 2.75) is 19.3 Å². The Labute approximate surface area is 253 Å². The number of hydrogen-bond donors (Lipinski definition) is 0. The van der Waals surface area contributed by atoms with Crippen LogP contribution in [0.5, 0.6) is 0 Å². The molecule has 0 saturated carbocycles. The molecule has 4 aromatic carbocycles. The van der Waals surface area contributed by atoms with Crippen molar-refractivity contribution >= 4 is 32.6 Å². The molecule has 8 aromatic rings. The van der Waals surface area contributed by atoms with Gasteiger partial charge in [-0.2, -0.15) is 9.97 Å². The topological polar surface area (TPSA) is 69.4 Å². The molecule has 0 unspecified atom stereocenters. The number of hydrogen-bond acceptors (Lipinski definition) is 5. The lowest BCUT2D eigenvalue weighted by molar-refractivity contribution is 0.663. The minimum atomic E-state index is -0.286. The van der Waals surface area contributed by atoms with Gasteiger partial charge in [-0.1, -0.05) is 98.8 Å². The normalized spacial score (nSPS) is 13.4. The van der Waals surface area contributed by atoms with E-state index >= 15 is 0 Å². The fraction of sp³-hybridized carbons (Fsp3) is 0.0789. The first-order chi connectivity index (χ1) is 21.6. The minimum absolute atomic E-state index is 0.286. The molecule has 0 spiro atoms. The first-order valence-corrected chi connectivity index (χ1v) is 14.8. The molecule has 0 aliphatic heterocycles. The van der Waals surface area contributed by atoms with E-state index < -0.39 is 0 Å². The average Bonchev–Trinajstić information content (AvgIpc) is 3.55. The zero-order chi connectivity index (χ0) is 29.4. The standard InChI is InChI=1S/C38H26N6/c1-38(2)29-16-10-9-15-26(29)31-27-21-39-19-17-25(27)32-28-22-40-20-18-30(28)44(34(32)33(31)38)37-42-35(23-11-5-3-6-12-23)41-36(43-37)24-13-7-4-8-14-24/h3-22H,1-2H3. The third kappa shape index (κ3) is 3.39. The third-order valence-corrected chi connectivity index (χ3v) is 9.00. The second kappa shape index (κ2) is 9.12. The fourth-order valence-corrected chi connectivity index (χ4v) is 7.08. The van der Waals surface area contributed by atoms with E-state index in [2.05, 4.69) is 64.8 Å². The lowest BCUT2D eigenvalue weighted by Gasteiger charge is -2.24. The summed E-state index contributed by atoms with van der Waals surface area (Å²) in [5, 5.41) is 4.46. The molecule has 0 fully saturated rings. The maximum Gasteiger partial charge on any atom is 0.238 e. The van der Waals surface area contributed by atoms with Crippen LogP contribution in [0, 0.1) is 0 Å². The van der Waals surface area contributed by atoms with Gasteiger partial charge in [-0.05, 0) is 39.8 Å². The first-order valence-electron chi connectivity index (χ1n) is 14.8. The molecular formula is C38H26N6. The Kier molecular flexibility index (Phi) is 5.14. The van der Waals surface area contributed by atoms with Gasteiger partial charge in [-0.15, -0.1) is 0 Å². The molecule has 9 rings (SSSR count). The molecule has 0 amide bonds. The van der Waals surface area contributed by atoms with Crippen LogP contribution < -0.4 is 0 Å². The fourth-order valence-electron chi connectivity index (χ4n) is 7.08. The molecule has 0 atom stereocenters. The summed E-state index contributed by atoms with van der Waals surface area (Å²) < 4.78 is 2.24. The molecule has 0 saturated heterocycles. The van der Waals surface area contributed by atoms with Gasteiger partial charge >= 0.3 is 0 Å². The quantitative estimate of drug-likeness (QED) is 0.214. The molecule has 6 nitrogen and oxygen atoms in total. The molecule has 0 bridgehead atoms. The largest absolute Gasteiger partial charge is 0.277 e. The number of benzene rings is 4. The summed E-state index contributed by atoms with van der Waals surface area (Å²) in [6.45, 7) is 4.63. The van der Waals surface area contributed by atoms with Crippen LogP contribution >= 0.6 is 0 Å². The molecular weight excluding hydrogens is 540 g/mol. The highest BCUT2D eigenvalue weighted by atomic mass is 15.2. The van der Waals surface area contributed by atoms with Crippen LogP contribution in [0.15, 0.2) is 122 Å². The Bertz CT molecular complexity index is 2350. The van der Waals surface area contributed by atoms with Gasteiger partial charge in [0.2, 0.25) is 5.95 Å². The van der Waals surface area contributed by atoms with E-state index in [-0.39, 0.29) is 5.41 Å². The maximum atomic E-state index is 5.18. The van der Waals surface area contributed by atoms with Crippen LogP contribution in [0.4, 0.5) is 0 Å². The van der Waals surface area contributed by atoms with Gasteiger partial charge in [0.1, 0.15) is 0 Å². The summed E-state index contributed by atoms with van der Waals surface area (Å²) in [5.74, 6) is 1.83. The van der Waals surface area contributed by atoms with Gasteiger partial charge in [0.05, 0.1) is 11.0 Å². The third-order valence-electron chi connectivity index (χ3n) is 9.00. The molecule has 1 aliphatic rings. The van der Waals surface area contributed by atoms with Crippen LogP contribution in [-0.4, -0.2) is 29.5 Å². The monoisotopic (exact) mass is 566 g/mol. The Balaban J connectivity index is 1.49. The first kappa shape index (κ1) is 24.8.